The highest BCUT2D eigenvalue weighted by Crippen LogP contribution is 2.61. The third-order valence-corrected chi connectivity index (χ3v) is 7.55. The molecule has 3 unspecified atom stereocenters. The van der Waals surface area contributed by atoms with Crippen LogP contribution in [0.3, 0.4) is 0 Å². The highest BCUT2D eigenvalue weighted by Gasteiger charge is 2.68. The molecule has 2 aromatic carbocycles. The van der Waals surface area contributed by atoms with Crippen LogP contribution >= 0.6 is 0 Å². The lowest BCUT2D eigenvalue weighted by atomic mass is 9.86. The van der Waals surface area contributed by atoms with Gasteiger partial charge in [-0.25, -0.2) is 4.79 Å². The molecule has 4 heteroatoms. The average Bonchev–Trinajstić information content (AvgIpc) is 3.47. The molecule has 2 heterocycles. The van der Waals surface area contributed by atoms with Crippen molar-refractivity contribution >= 4 is 5.97 Å². The normalized spacial score (nSPS) is 32.5. The predicted molar refractivity (Wildman–Crippen MR) is 106 cm³/mol. The van der Waals surface area contributed by atoms with Crippen LogP contribution < -0.4 is 0 Å². The van der Waals surface area contributed by atoms with Gasteiger partial charge in [0.15, 0.2) is 0 Å². The topological polar surface area (TPSA) is 46.5 Å². The maximum Gasteiger partial charge on any atom is 0.347 e. The van der Waals surface area contributed by atoms with Crippen molar-refractivity contribution in [2.45, 2.75) is 43.1 Å². The molecular formula is C24H28NO3+. The maximum atomic E-state index is 13.3. The summed E-state index contributed by atoms with van der Waals surface area (Å²) in [5.74, 6) is 1.03. The van der Waals surface area contributed by atoms with Crippen LogP contribution in [0.4, 0.5) is 0 Å². The summed E-state index contributed by atoms with van der Waals surface area (Å²) in [6.07, 6.45) is 3.03. The molecule has 0 aromatic heterocycles. The van der Waals surface area contributed by atoms with E-state index in [2.05, 4.69) is 14.1 Å². The van der Waals surface area contributed by atoms with Gasteiger partial charge in [-0.15, -0.1) is 0 Å². The van der Waals surface area contributed by atoms with Gasteiger partial charge in [-0.05, 0) is 17.5 Å². The van der Waals surface area contributed by atoms with Gasteiger partial charge in [-0.2, -0.15) is 0 Å². The number of piperidine rings is 2. The fourth-order valence-corrected chi connectivity index (χ4v) is 5.98. The maximum absolute atomic E-state index is 13.3. The minimum absolute atomic E-state index is 0.111. The number of hydrogen-bond acceptors (Lipinski definition) is 3. The molecule has 1 aliphatic carbocycles. The zero-order valence-corrected chi connectivity index (χ0v) is 16.5. The van der Waals surface area contributed by atoms with Crippen LogP contribution in [0, 0.1) is 11.8 Å². The van der Waals surface area contributed by atoms with Crippen LogP contribution in [0.15, 0.2) is 60.7 Å². The van der Waals surface area contributed by atoms with Gasteiger partial charge >= 0.3 is 5.97 Å². The Bertz CT molecular complexity index is 820. The van der Waals surface area contributed by atoms with Crippen LogP contribution in [-0.2, 0) is 15.1 Å². The molecule has 0 spiro atoms. The Morgan fingerprint density at radius 2 is 1.36 bits per heavy atom. The van der Waals surface area contributed by atoms with Crippen molar-refractivity contribution < 1.29 is 19.1 Å². The SMILES string of the molecule is C[N+]1(C)C2CC(OC(=O)C(O)(c3ccccc3)c3ccccc3)C[C@H]1[C@H]1CC21. The molecule has 0 amide bonds. The molecule has 2 bridgehead atoms. The molecule has 1 N–H and O–H groups in total. The van der Waals surface area contributed by atoms with Crippen LogP contribution in [0.5, 0.6) is 0 Å². The van der Waals surface area contributed by atoms with Crippen LogP contribution in [-0.4, -0.2) is 47.8 Å². The minimum Gasteiger partial charge on any atom is -0.459 e. The van der Waals surface area contributed by atoms with E-state index in [9.17, 15) is 9.90 Å². The average molecular weight is 378 g/mol. The highest BCUT2D eigenvalue weighted by molar-refractivity contribution is 5.85. The zero-order valence-electron chi connectivity index (χ0n) is 16.5. The van der Waals surface area contributed by atoms with E-state index in [-0.39, 0.29) is 6.10 Å². The summed E-state index contributed by atoms with van der Waals surface area (Å²) < 4.78 is 7.07. The molecule has 3 fully saturated rings. The van der Waals surface area contributed by atoms with Gasteiger partial charge < -0.3 is 14.3 Å². The minimum atomic E-state index is -1.79. The van der Waals surface area contributed by atoms with Gasteiger partial charge in [0.2, 0.25) is 5.60 Å². The van der Waals surface area contributed by atoms with E-state index < -0.39 is 11.6 Å². The van der Waals surface area contributed by atoms with E-state index in [1.807, 2.05) is 36.4 Å². The number of carbonyl (C=O) groups is 1. The van der Waals surface area contributed by atoms with Gasteiger partial charge in [0, 0.05) is 24.7 Å². The first-order valence-corrected chi connectivity index (χ1v) is 10.3. The number of esters is 1. The summed E-state index contributed by atoms with van der Waals surface area (Å²) in [6, 6.07) is 19.4. The Balaban J connectivity index is 1.42. The molecule has 28 heavy (non-hydrogen) atoms. The first kappa shape index (κ1) is 17.9. The molecule has 5 atom stereocenters. The molecule has 0 radical (unpaired) electrons. The standard InChI is InChI=1S/C24H28NO3/c1-25(2)21-13-18(14-22(25)20-15-19(20)21)28-23(26)24(27,16-9-5-3-6-10-16)17-11-7-4-8-12-17/h3-12,18-22,27H,13-15H2,1-2H3/q+1/t18?,19-,20?,21-,22?/m0/s1. The summed E-state index contributed by atoms with van der Waals surface area (Å²) in [5.41, 5.74) is -0.695. The quantitative estimate of drug-likeness (QED) is 0.657. The fraction of sp³-hybridized carbons (Fsp3) is 0.458. The van der Waals surface area contributed by atoms with Crippen molar-refractivity contribution in [2.24, 2.45) is 11.8 Å². The fourth-order valence-electron chi connectivity index (χ4n) is 5.98. The van der Waals surface area contributed by atoms with E-state index in [0.29, 0.717) is 23.2 Å². The van der Waals surface area contributed by atoms with Crippen molar-refractivity contribution in [2.75, 3.05) is 14.1 Å². The summed E-state index contributed by atoms with van der Waals surface area (Å²) in [5, 5.41) is 11.6. The molecule has 2 saturated heterocycles. The van der Waals surface area contributed by atoms with E-state index >= 15 is 0 Å². The lowest BCUT2D eigenvalue weighted by Crippen LogP contribution is -2.59. The number of aliphatic hydroxyl groups is 1. The summed E-state index contributed by atoms with van der Waals surface area (Å²) in [7, 11) is 4.65. The van der Waals surface area contributed by atoms with Crippen molar-refractivity contribution in [1.29, 1.82) is 0 Å². The molecule has 3 aliphatic rings. The largest absolute Gasteiger partial charge is 0.459 e. The number of ether oxygens (including phenoxy) is 1. The monoisotopic (exact) mass is 378 g/mol. The number of nitrogens with zero attached hydrogens (tertiary/aromatic N) is 1. The van der Waals surface area contributed by atoms with E-state index in [1.54, 1.807) is 24.3 Å². The number of carbonyl (C=O) groups excluding carboxylic acids is 1. The summed E-state index contributed by atoms with van der Waals surface area (Å²) in [4.78, 5) is 13.3. The highest BCUT2D eigenvalue weighted by atomic mass is 16.6. The molecule has 4 nitrogen and oxygen atoms in total. The smallest absolute Gasteiger partial charge is 0.347 e. The van der Waals surface area contributed by atoms with Gasteiger partial charge in [-0.3, -0.25) is 0 Å². The third kappa shape index (κ3) is 2.55. The Morgan fingerprint density at radius 3 is 1.82 bits per heavy atom. The van der Waals surface area contributed by atoms with Gasteiger partial charge in [0.25, 0.3) is 0 Å². The van der Waals surface area contributed by atoms with E-state index in [0.717, 1.165) is 29.2 Å². The van der Waals surface area contributed by atoms with Crippen LogP contribution in [0.1, 0.15) is 30.4 Å². The Labute approximate surface area is 166 Å². The van der Waals surface area contributed by atoms with Crippen molar-refractivity contribution in [3.8, 4) is 0 Å². The van der Waals surface area contributed by atoms with Crippen LogP contribution in [0.25, 0.3) is 0 Å². The number of quaternary nitrogens is 1. The summed E-state index contributed by atoms with van der Waals surface area (Å²) in [6.45, 7) is 0. The van der Waals surface area contributed by atoms with E-state index in [4.69, 9.17) is 4.74 Å². The van der Waals surface area contributed by atoms with Crippen LogP contribution in [0.2, 0.25) is 0 Å². The second kappa shape index (κ2) is 6.16. The summed E-state index contributed by atoms with van der Waals surface area (Å²) >= 11 is 0. The van der Waals surface area contributed by atoms with Gasteiger partial charge in [0.05, 0.1) is 26.2 Å². The molecular weight excluding hydrogens is 350 g/mol. The van der Waals surface area contributed by atoms with Crippen molar-refractivity contribution in [3.05, 3.63) is 71.8 Å². The molecule has 2 aliphatic heterocycles. The first-order chi connectivity index (χ1) is 13.4. The third-order valence-electron chi connectivity index (χ3n) is 7.55. The Morgan fingerprint density at radius 1 is 0.893 bits per heavy atom. The predicted octanol–water partition coefficient (Wildman–Crippen LogP) is 3.09. The molecule has 1 saturated carbocycles. The number of benzene rings is 2. The molecule has 2 aromatic rings. The Hall–Kier alpha value is -2.17. The van der Waals surface area contributed by atoms with E-state index in [1.165, 1.54) is 6.42 Å². The lowest BCUT2D eigenvalue weighted by Gasteiger charge is -2.46. The molecule has 5 rings (SSSR count). The van der Waals surface area contributed by atoms with Gasteiger partial charge in [-0.1, -0.05) is 60.7 Å². The van der Waals surface area contributed by atoms with Crippen molar-refractivity contribution in [3.63, 3.8) is 0 Å². The zero-order chi connectivity index (χ0) is 19.5. The number of hydrogen-bond donors (Lipinski definition) is 1. The second-order valence-corrected chi connectivity index (χ2v) is 9.27. The Kier molecular flexibility index (Phi) is 3.94. The van der Waals surface area contributed by atoms with Crippen molar-refractivity contribution in [1.82, 2.24) is 0 Å². The number of rotatable bonds is 4. The lowest BCUT2D eigenvalue weighted by molar-refractivity contribution is -0.937. The second-order valence-electron chi connectivity index (χ2n) is 9.27. The number of fused-ring (bicyclic) bond motifs is 5. The van der Waals surface area contributed by atoms with Gasteiger partial charge in [0.1, 0.15) is 6.10 Å². The first-order valence-electron chi connectivity index (χ1n) is 10.3. The molecule has 146 valence electrons.